The van der Waals surface area contributed by atoms with Crippen molar-refractivity contribution in [1.29, 1.82) is 0 Å². The van der Waals surface area contributed by atoms with Gasteiger partial charge in [0.25, 0.3) is 11.8 Å². The van der Waals surface area contributed by atoms with Crippen LogP contribution in [-0.2, 0) is 9.53 Å². The molecule has 0 bridgehead atoms. The van der Waals surface area contributed by atoms with E-state index in [-0.39, 0.29) is 11.8 Å². The van der Waals surface area contributed by atoms with E-state index in [1.165, 1.54) is 12.5 Å². The molecular formula is C16H22N4O3. The molecule has 23 heavy (non-hydrogen) atoms. The average molecular weight is 318 g/mol. The normalized spacial score (nSPS) is 25.6. The van der Waals surface area contributed by atoms with Crippen LogP contribution in [0.5, 0.6) is 0 Å². The van der Waals surface area contributed by atoms with Gasteiger partial charge in [-0.25, -0.2) is 9.97 Å². The Kier molecular flexibility index (Phi) is 4.30. The van der Waals surface area contributed by atoms with Crippen molar-refractivity contribution < 1.29 is 14.3 Å². The number of ether oxygens (including phenoxy) is 1. The maximum absolute atomic E-state index is 12.8. The highest BCUT2D eigenvalue weighted by Crippen LogP contribution is 2.30. The SMILES string of the molecule is Cc1ncncc1C(=O)N1CCOC2(CCCCN(C)C2=O)C1. The second kappa shape index (κ2) is 6.23. The summed E-state index contributed by atoms with van der Waals surface area (Å²) in [6, 6.07) is 0. The number of likely N-dealkylation sites (tertiary alicyclic amines) is 1. The molecule has 1 aromatic heterocycles. The first kappa shape index (κ1) is 15.9. The van der Waals surface area contributed by atoms with Crippen molar-refractivity contribution in [2.75, 3.05) is 33.3 Å². The number of aryl methyl sites for hydroxylation is 1. The largest absolute Gasteiger partial charge is 0.361 e. The number of hydrogen-bond donors (Lipinski definition) is 0. The van der Waals surface area contributed by atoms with Crippen LogP contribution in [0, 0.1) is 6.92 Å². The van der Waals surface area contributed by atoms with E-state index in [0.29, 0.717) is 37.4 Å². The van der Waals surface area contributed by atoms with Crippen molar-refractivity contribution in [2.24, 2.45) is 0 Å². The fraction of sp³-hybridized carbons (Fsp3) is 0.625. The fourth-order valence-electron chi connectivity index (χ4n) is 3.33. The molecule has 2 fully saturated rings. The number of likely N-dealkylation sites (N-methyl/N-ethyl adjacent to an activating group) is 1. The van der Waals surface area contributed by atoms with Crippen molar-refractivity contribution in [2.45, 2.75) is 31.8 Å². The van der Waals surface area contributed by atoms with Crippen molar-refractivity contribution in [3.8, 4) is 0 Å². The van der Waals surface area contributed by atoms with Crippen molar-refractivity contribution in [3.63, 3.8) is 0 Å². The highest BCUT2D eigenvalue weighted by molar-refractivity contribution is 5.96. The quantitative estimate of drug-likeness (QED) is 0.759. The van der Waals surface area contributed by atoms with Crippen LogP contribution in [0.25, 0.3) is 0 Å². The van der Waals surface area contributed by atoms with E-state index in [4.69, 9.17) is 4.74 Å². The Morgan fingerprint density at radius 3 is 2.96 bits per heavy atom. The second-order valence-electron chi connectivity index (χ2n) is 6.28. The Morgan fingerprint density at radius 2 is 2.17 bits per heavy atom. The van der Waals surface area contributed by atoms with Gasteiger partial charge in [-0.1, -0.05) is 0 Å². The van der Waals surface area contributed by atoms with E-state index < -0.39 is 5.60 Å². The molecule has 2 saturated heterocycles. The summed E-state index contributed by atoms with van der Waals surface area (Å²) in [5, 5.41) is 0. The molecule has 124 valence electrons. The Labute approximate surface area is 135 Å². The third kappa shape index (κ3) is 2.93. The van der Waals surface area contributed by atoms with Gasteiger partial charge in [0.1, 0.15) is 6.33 Å². The molecule has 1 spiro atoms. The van der Waals surface area contributed by atoms with Crippen LogP contribution in [0.2, 0.25) is 0 Å². The minimum Gasteiger partial charge on any atom is -0.361 e. The van der Waals surface area contributed by atoms with Gasteiger partial charge in [0, 0.05) is 26.3 Å². The monoisotopic (exact) mass is 318 g/mol. The summed E-state index contributed by atoms with van der Waals surface area (Å²) in [5.41, 5.74) is 0.233. The maximum Gasteiger partial charge on any atom is 0.257 e. The Hall–Kier alpha value is -2.02. The zero-order valence-corrected chi connectivity index (χ0v) is 13.6. The molecule has 2 aliphatic heterocycles. The molecule has 0 N–H and O–H groups in total. The molecule has 1 aromatic rings. The summed E-state index contributed by atoms with van der Waals surface area (Å²) in [4.78, 5) is 37.0. The molecule has 2 amide bonds. The Bertz CT molecular complexity index is 621. The molecule has 1 unspecified atom stereocenters. The maximum atomic E-state index is 12.8. The van der Waals surface area contributed by atoms with Crippen LogP contribution in [0.3, 0.4) is 0 Å². The average Bonchev–Trinajstić information content (AvgIpc) is 2.69. The summed E-state index contributed by atoms with van der Waals surface area (Å²) in [5.74, 6) is -0.154. The minimum absolute atomic E-state index is 0.0199. The smallest absolute Gasteiger partial charge is 0.257 e. The van der Waals surface area contributed by atoms with Crippen molar-refractivity contribution in [1.82, 2.24) is 19.8 Å². The van der Waals surface area contributed by atoms with Gasteiger partial charge in [0.15, 0.2) is 5.60 Å². The molecular weight excluding hydrogens is 296 g/mol. The number of rotatable bonds is 1. The van der Waals surface area contributed by atoms with Crippen molar-refractivity contribution >= 4 is 11.8 Å². The third-order valence-corrected chi connectivity index (χ3v) is 4.68. The number of carbonyl (C=O) groups excluding carboxylic acids is 2. The molecule has 0 saturated carbocycles. The van der Waals surface area contributed by atoms with Crippen LogP contribution in [-0.4, -0.2) is 70.5 Å². The molecule has 0 aromatic carbocycles. The van der Waals surface area contributed by atoms with Gasteiger partial charge < -0.3 is 14.5 Å². The summed E-state index contributed by atoms with van der Waals surface area (Å²) < 4.78 is 5.90. The zero-order valence-electron chi connectivity index (χ0n) is 13.6. The van der Waals surface area contributed by atoms with E-state index in [1.807, 2.05) is 0 Å². The number of amides is 2. The second-order valence-corrected chi connectivity index (χ2v) is 6.28. The summed E-state index contributed by atoms with van der Waals surface area (Å²) >= 11 is 0. The van der Waals surface area contributed by atoms with Gasteiger partial charge in [-0.3, -0.25) is 9.59 Å². The lowest BCUT2D eigenvalue weighted by Gasteiger charge is -2.42. The molecule has 1 atom stereocenters. The first-order chi connectivity index (χ1) is 11.0. The van der Waals surface area contributed by atoms with E-state index in [2.05, 4.69) is 9.97 Å². The molecule has 2 aliphatic rings. The van der Waals surface area contributed by atoms with Gasteiger partial charge >= 0.3 is 0 Å². The van der Waals surface area contributed by atoms with Gasteiger partial charge in [-0.05, 0) is 26.2 Å². The molecule has 7 heteroatoms. The van der Waals surface area contributed by atoms with Gasteiger partial charge in [-0.2, -0.15) is 0 Å². The van der Waals surface area contributed by atoms with E-state index in [9.17, 15) is 9.59 Å². The zero-order chi connectivity index (χ0) is 16.4. The Morgan fingerprint density at radius 1 is 1.35 bits per heavy atom. The summed E-state index contributed by atoms with van der Waals surface area (Å²) in [6.45, 7) is 3.67. The van der Waals surface area contributed by atoms with Crippen LogP contribution < -0.4 is 0 Å². The topological polar surface area (TPSA) is 75.6 Å². The van der Waals surface area contributed by atoms with E-state index in [1.54, 1.807) is 23.8 Å². The van der Waals surface area contributed by atoms with Gasteiger partial charge in [0.05, 0.1) is 24.4 Å². The highest BCUT2D eigenvalue weighted by atomic mass is 16.5. The number of nitrogens with zero attached hydrogens (tertiary/aromatic N) is 4. The number of aromatic nitrogens is 2. The van der Waals surface area contributed by atoms with Crippen LogP contribution >= 0.6 is 0 Å². The first-order valence-corrected chi connectivity index (χ1v) is 7.99. The molecule has 3 heterocycles. The number of carbonyl (C=O) groups is 2. The lowest BCUT2D eigenvalue weighted by molar-refractivity contribution is -0.166. The first-order valence-electron chi connectivity index (χ1n) is 7.99. The van der Waals surface area contributed by atoms with Gasteiger partial charge in [0.2, 0.25) is 0 Å². The van der Waals surface area contributed by atoms with Crippen LogP contribution in [0.1, 0.15) is 35.3 Å². The predicted octanol–water partition coefficient (Wildman–Crippen LogP) is 0.639. The minimum atomic E-state index is -0.900. The summed E-state index contributed by atoms with van der Waals surface area (Å²) in [7, 11) is 1.80. The highest BCUT2D eigenvalue weighted by Gasteiger charge is 2.47. The van der Waals surface area contributed by atoms with Crippen molar-refractivity contribution in [3.05, 3.63) is 23.8 Å². The van der Waals surface area contributed by atoms with E-state index in [0.717, 1.165) is 19.4 Å². The fourth-order valence-corrected chi connectivity index (χ4v) is 3.33. The Balaban J connectivity index is 1.84. The standard InChI is InChI=1S/C16H22N4O3/c1-12-13(9-17-11-18-12)14(21)20-7-8-23-16(10-20)5-3-4-6-19(2)15(16)22/h9,11H,3-8,10H2,1-2H3. The lowest BCUT2D eigenvalue weighted by atomic mass is 9.94. The lowest BCUT2D eigenvalue weighted by Crippen LogP contribution is -2.60. The van der Waals surface area contributed by atoms with Gasteiger partial charge in [-0.15, -0.1) is 0 Å². The van der Waals surface area contributed by atoms with Crippen LogP contribution in [0.15, 0.2) is 12.5 Å². The predicted molar refractivity (Wildman–Crippen MR) is 82.8 cm³/mol. The molecule has 3 rings (SSSR count). The molecule has 0 radical (unpaired) electrons. The number of morpholine rings is 1. The van der Waals surface area contributed by atoms with Crippen LogP contribution in [0.4, 0.5) is 0 Å². The number of hydrogen-bond acceptors (Lipinski definition) is 5. The van der Waals surface area contributed by atoms with E-state index >= 15 is 0 Å². The third-order valence-electron chi connectivity index (χ3n) is 4.68. The molecule has 0 aliphatic carbocycles. The molecule has 7 nitrogen and oxygen atoms in total. The summed E-state index contributed by atoms with van der Waals surface area (Å²) in [6.07, 6.45) is 5.51.